The van der Waals surface area contributed by atoms with Gasteiger partial charge >= 0.3 is 5.69 Å². The molecule has 1 saturated heterocycles. The lowest BCUT2D eigenvalue weighted by Gasteiger charge is -2.33. The highest BCUT2D eigenvalue weighted by molar-refractivity contribution is 5.81. The van der Waals surface area contributed by atoms with Crippen molar-refractivity contribution >= 4 is 16.9 Å². The molecule has 1 fully saturated rings. The van der Waals surface area contributed by atoms with E-state index in [1.165, 1.54) is 4.57 Å². The van der Waals surface area contributed by atoms with E-state index in [1.807, 2.05) is 62.8 Å². The van der Waals surface area contributed by atoms with E-state index in [4.69, 9.17) is 4.74 Å². The van der Waals surface area contributed by atoms with E-state index in [-0.39, 0.29) is 24.2 Å². The number of morpholine rings is 1. The van der Waals surface area contributed by atoms with Gasteiger partial charge in [-0.25, -0.2) is 4.79 Å². The number of nitrogens with zero attached hydrogens (tertiary/aromatic N) is 6. The van der Waals surface area contributed by atoms with Crippen molar-refractivity contribution in [3.8, 4) is 11.1 Å². The molecule has 1 atom stereocenters. The number of hydrogen-bond acceptors (Lipinski definition) is 5. The Morgan fingerprint density at radius 2 is 1.94 bits per heavy atom. The molecule has 33 heavy (non-hydrogen) atoms. The normalized spacial score (nSPS) is 16.5. The number of rotatable bonds is 4. The van der Waals surface area contributed by atoms with Gasteiger partial charge in [0, 0.05) is 38.1 Å². The highest BCUT2D eigenvalue weighted by atomic mass is 16.5. The smallest absolute Gasteiger partial charge is 0.329 e. The van der Waals surface area contributed by atoms with Crippen LogP contribution < -0.4 is 5.69 Å². The van der Waals surface area contributed by atoms with Crippen LogP contribution in [0.1, 0.15) is 17.5 Å². The number of amides is 1. The third-order valence-corrected chi connectivity index (χ3v) is 6.11. The van der Waals surface area contributed by atoms with Gasteiger partial charge in [0.15, 0.2) is 0 Å². The van der Waals surface area contributed by atoms with Crippen LogP contribution >= 0.6 is 0 Å². The van der Waals surface area contributed by atoms with Crippen molar-refractivity contribution in [3.63, 3.8) is 0 Å². The Balaban J connectivity index is 1.38. The summed E-state index contributed by atoms with van der Waals surface area (Å²) in [4.78, 5) is 32.3. The summed E-state index contributed by atoms with van der Waals surface area (Å²) in [7, 11) is 3.60. The molecule has 0 unspecified atom stereocenters. The van der Waals surface area contributed by atoms with Crippen LogP contribution in [0.4, 0.5) is 0 Å². The van der Waals surface area contributed by atoms with Gasteiger partial charge in [-0.15, -0.1) is 0 Å². The number of benzene rings is 1. The molecule has 0 radical (unpaired) electrons. The van der Waals surface area contributed by atoms with Gasteiger partial charge in [0.2, 0.25) is 5.91 Å². The molecule has 4 heterocycles. The summed E-state index contributed by atoms with van der Waals surface area (Å²) < 4.78 is 10.9. The van der Waals surface area contributed by atoms with Crippen LogP contribution in [0.3, 0.4) is 0 Å². The van der Waals surface area contributed by atoms with E-state index in [1.54, 1.807) is 21.2 Å². The van der Waals surface area contributed by atoms with Crippen LogP contribution in [0.15, 0.2) is 53.6 Å². The minimum Gasteiger partial charge on any atom is -0.368 e. The second-order valence-electron chi connectivity index (χ2n) is 8.44. The molecule has 4 aromatic rings. The summed E-state index contributed by atoms with van der Waals surface area (Å²) >= 11 is 0. The van der Waals surface area contributed by atoms with E-state index < -0.39 is 0 Å². The predicted molar refractivity (Wildman–Crippen MR) is 124 cm³/mol. The largest absolute Gasteiger partial charge is 0.368 e. The molecule has 0 N–H and O–H groups in total. The van der Waals surface area contributed by atoms with Crippen LogP contribution in [0.5, 0.6) is 0 Å². The highest BCUT2D eigenvalue weighted by Crippen LogP contribution is 2.27. The van der Waals surface area contributed by atoms with Crippen LogP contribution in [-0.2, 0) is 30.2 Å². The predicted octanol–water partition coefficient (Wildman–Crippen LogP) is 2.04. The molecule has 0 spiro atoms. The molecule has 1 aliphatic heterocycles. The molecule has 5 rings (SSSR count). The van der Waals surface area contributed by atoms with E-state index in [9.17, 15) is 9.59 Å². The third kappa shape index (κ3) is 3.95. The number of imidazole rings is 1. The Hall–Kier alpha value is -3.72. The Kier molecular flexibility index (Phi) is 5.33. The first-order valence-electron chi connectivity index (χ1n) is 10.9. The van der Waals surface area contributed by atoms with Crippen LogP contribution in [0.25, 0.3) is 22.2 Å². The van der Waals surface area contributed by atoms with Gasteiger partial charge in [0.1, 0.15) is 12.6 Å². The van der Waals surface area contributed by atoms with Gasteiger partial charge in [0.05, 0.1) is 36.1 Å². The summed E-state index contributed by atoms with van der Waals surface area (Å²) in [6.07, 6.45) is 3.44. The maximum atomic E-state index is 13.2. The fraction of sp³-hybridized carbons (Fsp3) is 0.333. The molecule has 9 nitrogen and oxygen atoms in total. The number of aromatic nitrogens is 5. The first-order valence-corrected chi connectivity index (χ1v) is 10.9. The lowest BCUT2D eigenvalue weighted by molar-refractivity contribution is -0.139. The van der Waals surface area contributed by atoms with Gasteiger partial charge in [0.25, 0.3) is 0 Å². The van der Waals surface area contributed by atoms with Crippen molar-refractivity contribution < 1.29 is 9.53 Å². The van der Waals surface area contributed by atoms with Crippen molar-refractivity contribution in [2.45, 2.75) is 19.6 Å². The number of ether oxygens (including phenoxy) is 1. The van der Waals surface area contributed by atoms with Gasteiger partial charge < -0.3 is 9.64 Å². The number of aryl methyl sites for hydroxylation is 3. The minimum atomic E-state index is -0.331. The number of para-hydroxylation sites is 2. The molecule has 9 heteroatoms. The third-order valence-electron chi connectivity index (χ3n) is 6.11. The van der Waals surface area contributed by atoms with Gasteiger partial charge in [-0.2, -0.15) is 5.10 Å². The van der Waals surface area contributed by atoms with E-state index >= 15 is 0 Å². The fourth-order valence-corrected chi connectivity index (χ4v) is 4.40. The molecular formula is C24H26N6O3. The first kappa shape index (κ1) is 21.1. The highest BCUT2D eigenvalue weighted by Gasteiger charge is 2.28. The maximum absolute atomic E-state index is 13.2. The zero-order chi connectivity index (χ0) is 23.1. The number of carbonyl (C=O) groups excluding carboxylic acids is 1. The fourth-order valence-electron chi connectivity index (χ4n) is 4.40. The summed E-state index contributed by atoms with van der Waals surface area (Å²) in [5, 5.41) is 4.25. The Morgan fingerprint density at radius 3 is 2.70 bits per heavy atom. The Morgan fingerprint density at radius 1 is 1.15 bits per heavy atom. The average Bonchev–Trinajstić information content (AvgIpc) is 3.36. The summed E-state index contributed by atoms with van der Waals surface area (Å²) in [5.41, 5.74) is 5.04. The minimum absolute atomic E-state index is 0.00487. The number of carbonyl (C=O) groups is 1. The van der Waals surface area contributed by atoms with Gasteiger partial charge in [-0.1, -0.05) is 12.1 Å². The molecule has 3 aromatic heterocycles. The van der Waals surface area contributed by atoms with E-state index in [0.29, 0.717) is 19.7 Å². The van der Waals surface area contributed by atoms with E-state index in [2.05, 4.69) is 10.1 Å². The first-order chi connectivity index (χ1) is 15.9. The SMILES string of the molecule is Cc1cc(-c2cnn(C)c2)cc([C@H]2CN(C(=O)Cn3c(=O)n(C)c4ccccc43)CCO2)n1. The van der Waals surface area contributed by atoms with Crippen LogP contribution in [0, 0.1) is 6.92 Å². The number of hydrogen-bond donors (Lipinski definition) is 0. The van der Waals surface area contributed by atoms with Gasteiger partial charge in [-0.3, -0.25) is 23.6 Å². The summed E-state index contributed by atoms with van der Waals surface area (Å²) in [6.45, 7) is 3.23. The molecule has 1 aliphatic rings. The monoisotopic (exact) mass is 446 g/mol. The summed E-state index contributed by atoms with van der Waals surface area (Å²) in [5.74, 6) is -0.109. The van der Waals surface area contributed by atoms with Crippen molar-refractivity contribution in [2.24, 2.45) is 14.1 Å². The standard InChI is InChI=1S/C24H26N6O3/c1-16-10-17(18-12-25-27(2)13-18)11-19(26-16)22-14-29(8-9-33-22)23(31)15-30-21-7-5-4-6-20(21)28(3)24(30)32/h4-7,10-13,22H,8-9,14-15H2,1-3H3/t22-/m1/s1. The van der Waals surface area contributed by atoms with Gasteiger partial charge in [-0.05, 0) is 36.8 Å². The van der Waals surface area contributed by atoms with Crippen molar-refractivity contribution in [2.75, 3.05) is 19.7 Å². The topological polar surface area (TPSA) is 87.2 Å². The molecule has 0 aliphatic carbocycles. The molecule has 0 saturated carbocycles. The molecule has 170 valence electrons. The lowest BCUT2D eigenvalue weighted by Crippen LogP contribution is -2.44. The average molecular weight is 447 g/mol. The van der Waals surface area contributed by atoms with Crippen LogP contribution in [-0.4, -0.2) is 54.4 Å². The van der Waals surface area contributed by atoms with Crippen molar-refractivity contribution in [1.82, 2.24) is 28.8 Å². The molecule has 0 bridgehead atoms. The second-order valence-corrected chi connectivity index (χ2v) is 8.44. The second kappa shape index (κ2) is 8.32. The lowest BCUT2D eigenvalue weighted by atomic mass is 10.1. The Bertz CT molecular complexity index is 1400. The number of pyridine rings is 1. The van der Waals surface area contributed by atoms with Crippen LogP contribution in [0.2, 0.25) is 0 Å². The zero-order valence-corrected chi connectivity index (χ0v) is 18.9. The molecule has 1 aromatic carbocycles. The van der Waals surface area contributed by atoms with E-state index in [0.717, 1.165) is 33.5 Å². The Labute approximate surface area is 190 Å². The zero-order valence-electron chi connectivity index (χ0n) is 18.9. The van der Waals surface area contributed by atoms with Crippen molar-refractivity contribution in [3.05, 3.63) is 70.7 Å². The number of fused-ring (bicyclic) bond motifs is 1. The maximum Gasteiger partial charge on any atom is 0.329 e. The summed E-state index contributed by atoms with van der Waals surface area (Å²) in [6, 6.07) is 11.5. The molecular weight excluding hydrogens is 420 g/mol. The quantitative estimate of drug-likeness (QED) is 0.479. The molecule has 1 amide bonds. The van der Waals surface area contributed by atoms with Crippen molar-refractivity contribution in [1.29, 1.82) is 0 Å².